The molecule has 2 amide bonds. The predicted octanol–water partition coefficient (Wildman–Crippen LogP) is 2.88. The quantitative estimate of drug-likeness (QED) is 0.571. The molecule has 0 atom stereocenters. The third-order valence-electron chi connectivity index (χ3n) is 4.43. The molecule has 0 aliphatic heterocycles. The van der Waals surface area contributed by atoms with Gasteiger partial charge in [0.1, 0.15) is 11.6 Å². The van der Waals surface area contributed by atoms with Gasteiger partial charge in [-0.15, -0.1) is 10.2 Å². The number of rotatable bonds is 8. The normalized spacial score (nSPS) is 10.7. The Morgan fingerprint density at radius 2 is 2.00 bits per heavy atom. The lowest BCUT2D eigenvalue weighted by atomic mass is 10.1. The first-order chi connectivity index (χ1) is 14.0. The predicted molar refractivity (Wildman–Crippen MR) is 111 cm³/mol. The SMILES string of the molecule is CCn1c(C)nnc1SCC(=O)N(C)c1ccccc1C(=O)NCc1ccco1. The Balaban J connectivity index is 1.67. The standard InChI is InChI=1S/C20H23N5O3S/c1-4-25-14(2)22-23-20(25)29-13-18(26)24(3)17-10-6-5-9-16(17)19(27)21-12-15-8-7-11-28-15/h5-11H,4,12-13H2,1-3H3,(H,21,27). The Morgan fingerprint density at radius 3 is 2.72 bits per heavy atom. The molecule has 3 aromatic rings. The lowest BCUT2D eigenvalue weighted by Crippen LogP contribution is -2.31. The van der Waals surface area contributed by atoms with Crippen molar-refractivity contribution in [2.45, 2.75) is 32.1 Å². The van der Waals surface area contributed by atoms with Crippen molar-refractivity contribution in [3.8, 4) is 0 Å². The lowest BCUT2D eigenvalue weighted by Gasteiger charge is -2.20. The fourth-order valence-corrected chi connectivity index (χ4v) is 3.79. The van der Waals surface area contributed by atoms with Crippen molar-refractivity contribution in [1.29, 1.82) is 0 Å². The molecule has 0 radical (unpaired) electrons. The molecule has 29 heavy (non-hydrogen) atoms. The Hall–Kier alpha value is -3.07. The van der Waals surface area contributed by atoms with Crippen LogP contribution in [0.3, 0.4) is 0 Å². The van der Waals surface area contributed by atoms with E-state index in [9.17, 15) is 9.59 Å². The third-order valence-corrected chi connectivity index (χ3v) is 5.38. The third kappa shape index (κ3) is 4.86. The fraction of sp³-hybridized carbons (Fsp3) is 0.300. The van der Waals surface area contributed by atoms with Crippen molar-refractivity contribution in [3.05, 3.63) is 59.8 Å². The van der Waals surface area contributed by atoms with Gasteiger partial charge in [0.15, 0.2) is 5.16 Å². The molecule has 152 valence electrons. The number of aromatic nitrogens is 3. The first kappa shape index (κ1) is 20.7. The number of nitrogens with one attached hydrogen (secondary N) is 1. The van der Waals surface area contributed by atoms with Crippen LogP contribution < -0.4 is 10.2 Å². The number of furan rings is 1. The van der Waals surface area contributed by atoms with E-state index in [2.05, 4.69) is 15.5 Å². The molecule has 0 spiro atoms. The minimum atomic E-state index is -0.273. The Kier molecular flexibility index (Phi) is 6.71. The van der Waals surface area contributed by atoms with Crippen LogP contribution in [-0.4, -0.2) is 39.4 Å². The van der Waals surface area contributed by atoms with Gasteiger partial charge in [0.05, 0.1) is 29.8 Å². The number of thioether (sulfide) groups is 1. The van der Waals surface area contributed by atoms with Crippen molar-refractivity contribution in [2.24, 2.45) is 0 Å². The molecule has 2 heterocycles. The highest BCUT2D eigenvalue weighted by Crippen LogP contribution is 2.22. The maximum absolute atomic E-state index is 12.7. The Morgan fingerprint density at radius 1 is 1.21 bits per heavy atom. The molecule has 1 aromatic carbocycles. The van der Waals surface area contributed by atoms with Crippen molar-refractivity contribution >= 4 is 29.3 Å². The number of amides is 2. The van der Waals surface area contributed by atoms with E-state index in [0.717, 1.165) is 12.4 Å². The summed E-state index contributed by atoms with van der Waals surface area (Å²) in [4.78, 5) is 26.9. The average Bonchev–Trinajstić information content (AvgIpc) is 3.38. The fourth-order valence-electron chi connectivity index (χ4n) is 2.82. The van der Waals surface area contributed by atoms with E-state index >= 15 is 0 Å². The summed E-state index contributed by atoms with van der Waals surface area (Å²) in [6.07, 6.45) is 1.56. The monoisotopic (exact) mass is 413 g/mol. The summed E-state index contributed by atoms with van der Waals surface area (Å²) in [6, 6.07) is 10.6. The summed E-state index contributed by atoms with van der Waals surface area (Å²) in [5.41, 5.74) is 0.968. The van der Waals surface area contributed by atoms with E-state index in [4.69, 9.17) is 4.42 Å². The number of carbonyl (C=O) groups excluding carboxylic acids is 2. The van der Waals surface area contributed by atoms with Gasteiger partial charge in [0.2, 0.25) is 5.91 Å². The van der Waals surface area contributed by atoms with Gasteiger partial charge in [-0.2, -0.15) is 0 Å². The molecule has 8 nitrogen and oxygen atoms in total. The minimum Gasteiger partial charge on any atom is -0.467 e. The molecular weight excluding hydrogens is 390 g/mol. The van der Waals surface area contributed by atoms with Crippen LogP contribution in [-0.2, 0) is 17.9 Å². The molecule has 0 saturated heterocycles. The van der Waals surface area contributed by atoms with Gasteiger partial charge in [0, 0.05) is 13.6 Å². The summed E-state index contributed by atoms with van der Waals surface area (Å²) in [6.45, 7) is 4.90. The number of carbonyl (C=O) groups is 2. The summed E-state index contributed by atoms with van der Waals surface area (Å²) in [5.74, 6) is 1.26. The van der Waals surface area contributed by atoms with Gasteiger partial charge in [-0.1, -0.05) is 23.9 Å². The second-order valence-electron chi connectivity index (χ2n) is 6.29. The zero-order chi connectivity index (χ0) is 20.8. The number of anilines is 1. The zero-order valence-electron chi connectivity index (χ0n) is 16.6. The van der Waals surface area contributed by atoms with E-state index in [-0.39, 0.29) is 24.1 Å². The average molecular weight is 414 g/mol. The van der Waals surface area contributed by atoms with Crippen LogP contribution in [0.2, 0.25) is 0 Å². The highest BCUT2D eigenvalue weighted by molar-refractivity contribution is 7.99. The highest BCUT2D eigenvalue weighted by Gasteiger charge is 2.19. The van der Waals surface area contributed by atoms with Crippen LogP contribution in [0.25, 0.3) is 0 Å². The molecular formula is C20H23N5O3S. The van der Waals surface area contributed by atoms with Crippen LogP contribution >= 0.6 is 11.8 Å². The van der Waals surface area contributed by atoms with Gasteiger partial charge >= 0.3 is 0 Å². The molecule has 0 fully saturated rings. The molecule has 9 heteroatoms. The molecule has 0 aliphatic rings. The van der Waals surface area contributed by atoms with Crippen molar-refractivity contribution < 1.29 is 14.0 Å². The van der Waals surface area contributed by atoms with Crippen LogP contribution in [0.1, 0.15) is 28.9 Å². The smallest absolute Gasteiger partial charge is 0.253 e. The molecule has 2 aromatic heterocycles. The molecule has 0 bridgehead atoms. The van der Waals surface area contributed by atoms with E-state index in [1.54, 1.807) is 49.7 Å². The van der Waals surface area contributed by atoms with E-state index in [0.29, 0.717) is 22.2 Å². The van der Waals surface area contributed by atoms with Gasteiger partial charge in [-0.25, -0.2) is 0 Å². The van der Waals surface area contributed by atoms with Crippen molar-refractivity contribution in [2.75, 3.05) is 17.7 Å². The maximum atomic E-state index is 12.7. The second-order valence-corrected chi connectivity index (χ2v) is 7.24. The largest absolute Gasteiger partial charge is 0.467 e. The highest BCUT2D eigenvalue weighted by atomic mass is 32.2. The van der Waals surface area contributed by atoms with Crippen LogP contribution in [0.4, 0.5) is 5.69 Å². The summed E-state index contributed by atoms with van der Waals surface area (Å²) in [5, 5.41) is 11.7. The maximum Gasteiger partial charge on any atom is 0.253 e. The summed E-state index contributed by atoms with van der Waals surface area (Å²) < 4.78 is 7.19. The van der Waals surface area contributed by atoms with Gasteiger partial charge in [0.25, 0.3) is 5.91 Å². The first-order valence-electron chi connectivity index (χ1n) is 9.20. The minimum absolute atomic E-state index is 0.135. The zero-order valence-corrected chi connectivity index (χ0v) is 17.4. The first-order valence-corrected chi connectivity index (χ1v) is 10.2. The van der Waals surface area contributed by atoms with Crippen LogP contribution in [0.5, 0.6) is 0 Å². The van der Waals surface area contributed by atoms with E-state index in [1.807, 2.05) is 18.4 Å². The molecule has 0 saturated carbocycles. The molecule has 0 unspecified atom stereocenters. The number of nitrogens with zero attached hydrogens (tertiary/aromatic N) is 4. The number of para-hydroxylation sites is 1. The number of benzene rings is 1. The van der Waals surface area contributed by atoms with Crippen LogP contribution in [0, 0.1) is 6.92 Å². The number of hydrogen-bond donors (Lipinski definition) is 1. The summed E-state index contributed by atoms with van der Waals surface area (Å²) in [7, 11) is 1.66. The Labute approximate surface area is 173 Å². The summed E-state index contributed by atoms with van der Waals surface area (Å²) >= 11 is 1.33. The van der Waals surface area contributed by atoms with Crippen molar-refractivity contribution in [1.82, 2.24) is 20.1 Å². The lowest BCUT2D eigenvalue weighted by molar-refractivity contribution is -0.115. The second kappa shape index (κ2) is 9.42. The number of aryl methyl sites for hydroxylation is 1. The Bertz CT molecular complexity index is 984. The van der Waals surface area contributed by atoms with E-state index < -0.39 is 0 Å². The van der Waals surface area contributed by atoms with Gasteiger partial charge in [-0.3, -0.25) is 9.59 Å². The van der Waals surface area contributed by atoms with Crippen LogP contribution in [0.15, 0.2) is 52.2 Å². The molecule has 3 rings (SSSR count). The molecule has 1 N–H and O–H groups in total. The van der Waals surface area contributed by atoms with E-state index in [1.165, 1.54) is 16.7 Å². The topological polar surface area (TPSA) is 93.3 Å². The number of hydrogen-bond acceptors (Lipinski definition) is 6. The van der Waals surface area contributed by atoms with Crippen molar-refractivity contribution in [3.63, 3.8) is 0 Å². The van der Waals surface area contributed by atoms with Gasteiger partial charge < -0.3 is 19.2 Å². The van der Waals surface area contributed by atoms with Gasteiger partial charge in [-0.05, 0) is 38.1 Å². The molecule has 0 aliphatic carbocycles.